The quantitative estimate of drug-likeness (QED) is 0.627. The average molecular weight is 398 g/mol. The van der Waals surface area contributed by atoms with Crippen LogP contribution in [0.5, 0.6) is 0 Å². The fraction of sp³-hybridized carbons (Fsp3) is 0.583. The minimum atomic E-state index is 0.0937. The Labute approximate surface area is 175 Å². The molecule has 1 heterocycles. The Balaban J connectivity index is 1.60. The molecule has 2 aliphatic rings. The van der Waals surface area contributed by atoms with Gasteiger partial charge in [0.2, 0.25) is 11.8 Å². The summed E-state index contributed by atoms with van der Waals surface area (Å²) in [6.07, 6.45) is 11.6. The van der Waals surface area contributed by atoms with Crippen LogP contribution in [0, 0.1) is 5.92 Å². The van der Waals surface area contributed by atoms with Crippen LogP contribution in [-0.2, 0) is 9.59 Å². The van der Waals surface area contributed by atoms with Gasteiger partial charge in [-0.2, -0.15) is 0 Å². The van der Waals surface area contributed by atoms with E-state index in [2.05, 4.69) is 4.90 Å². The molecule has 5 heteroatoms. The molecule has 1 aromatic rings. The molecule has 0 radical (unpaired) electrons. The molecule has 5 nitrogen and oxygen atoms in total. The molecular weight excluding hydrogens is 362 g/mol. The van der Waals surface area contributed by atoms with Crippen molar-refractivity contribution in [3.05, 3.63) is 35.9 Å². The van der Waals surface area contributed by atoms with Crippen LogP contribution in [0.2, 0.25) is 0 Å². The molecule has 2 amide bonds. The standard InChI is InChI=1S/C24H35N3O2/c1-25(2)17-18-26(19-21-7-4-3-5-8-21)23(28)15-12-20-10-13-22(14-11-20)27-16-6-9-24(27)29/h10-15,21H,3-9,16-19H2,1-2H3/b15-12+. The Morgan fingerprint density at radius 1 is 1.07 bits per heavy atom. The van der Waals surface area contributed by atoms with Crippen molar-refractivity contribution in [1.29, 1.82) is 0 Å². The highest BCUT2D eigenvalue weighted by molar-refractivity contribution is 5.95. The van der Waals surface area contributed by atoms with Gasteiger partial charge in [0.25, 0.3) is 0 Å². The van der Waals surface area contributed by atoms with Crippen LogP contribution in [0.25, 0.3) is 6.08 Å². The molecule has 1 saturated carbocycles. The van der Waals surface area contributed by atoms with E-state index in [-0.39, 0.29) is 11.8 Å². The van der Waals surface area contributed by atoms with Crippen LogP contribution in [0.15, 0.2) is 30.3 Å². The second-order valence-corrected chi connectivity index (χ2v) is 8.67. The maximum absolute atomic E-state index is 12.9. The van der Waals surface area contributed by atoms with Gasteiger partial charge in [-0.3, -0.25) is 9.59 Å². The number of hydrogen-bond acceptors (Lipinski definition) is 3. The third-order valence-corrected chi connectivity index (χ3v) is 6.03. The summed E-state index contributed by atoms with van der Waals surface area (Å²) in [4.78, 5) is 30.8. The van der Waals surface area contributed by atoms with Gasteiger partial charge in [0, 0.05) is 44.4 Å². The van der Waals surface area contributed by atoms with E-state index in [1.54, 1.807) is 6.08 Å². The van der Waals surface area contributed by atoms with E-state index in [9.17, 15) is 9.59 Å². The number of benzene rings is 1. The second kappa shape index (κ2) is 10.6. The summed E-state index contributed by atoms with van der Waals surface area (Å²) < 4.78 is 0. The Kier molecular flexibility index (Phi) is 7.87. The molecule has 1 aliphatic heterocycles. The Morgan fingerprint density at radius 2 is 1.79 bits per heavy atom. The summed E-state index contributed by atoms with van der Waals surface area (Å²) >= 11 is 0. The molecule has 0 unspecified atom stereocenters. The number of carbonyl (C=O) groups excluding carboxylic acids is 2. The first kappa shape index (κ1) is 21.6. The molecule has 0 N–H and O–H groups in total. The highest BCUT2D eigenvalue weighted by Gasteiger charge is 2.21. The number of amides is 2. The zero-order chi connectivity index (χ0) is 20.6. The largest absolute Gasteiger partial charge is 0.338 e. The molecule has 0 spiro atoms. The lowest BCUT2D eigenvalue weighted by atomic mass is 9.89. The number of carbonyl (C=O) groups is 2. The average Bonchev–Trinajstić information content (AvgIpc) is 3.16. The van der Waals surface area contributed by atoms with Gasteiger partial charge in [-0.05, 0) is 63.0 Å². The molecule has 3 rings (SSSR count). The summed E-state index contributed by atoms with van der Waals surface area (Å²) in [5.74, 6) is 0.930. The predicted octanol–water partition coefficient (Wildman–Crippen LogP) is 3.80. The van der Waals surface area contributed by atoms with Crippen LogP contribution in [0.4, 0.5) is 5.69 Å². The van der Waals surface area contributed by atoms with Crippen LogP contribution in [-0.4, -0.2) is 61.9 Å². The molecule has 1 saturated heterocycles. The molecule has 158 valence electrons. The molecule has 0 aromatic heterocycles. The molecule has 1 aromatic carbocycles. The van der Waals surface area contributed by atoms with Gasteiger partial charge in [0.1, 0.15) is 0 Å². The third-order valence-electron chi connectivity index (χ3n) is 6.03. The van der Waals surface area contributed by atoms with E-state index in [0.29, 0.717) is 12.3 Å². The van der Waals surface area contributed by atoms with Gasteiger partial charge in [-0.1, -0.05) is 31.4 Å². The predicted molar refractivity (Wildman–Crippen MR) is 119 cm³/mol. The Bertz CT molecular complexity index is 705. The van der Waals surface area contributed by atoms with E-state index in [0.717, 1.165) is 43.9 Å². The van der Waals surface area contributed by atoms with Crippen molar-refractivity contribution in [2.75, 3.05) is 45.2 Å². The minimum absolute atomic E-state index is 0.0937. The van der Waals surface area contributed by atoms with E-state index < -0.39 is 0 Å². The fourth-order valence-corrected chi connectivity index (χ4v) is 4.25. The van der Waals surface area contributed by atoms with E-state index in [4.69, 9.17) is 0 Å². The smallest absolute Gasteiger partial charge is 0.246 e. The van der Waals surface area contributed by atoms with Crippen LogP contribution in [0.1, 0.15) is 50.5 Å². The number of rotatable bonds is 8. The first-order valence-corrected chi connectivity index (χ1v) is 11.0. The molecule has 0 bridgehead atoms. The van der Waals surface area contributed by atoms with Gasteiger partial charge < -0.3 is 14.7 Å². The molecule has 29 heavy (non-hydrogen) atoms. The van der Waals surface area contributed by atoms with Gasteiger partial charge in [-0.25, -0.2) is 0 Å². The van der Waals surface area contributed by atoms with Crippen molar-refractivity contribution < 1.29 is 9.59 Å². The maximum Gasteiger partial charge on any atom is 0.246 e. The summed E-state index contributed by atoms with van der Waals surface area (Å²) in [6, 6.07) is 7.91. The van der Waals surface area contributed by atoms with Crippen LogP contribution < -0.4 is 4.90 Å². The summed E-state index contributed by atoms with van der Waals surface area (Å²) in [6.45, 7) is 3.31. The molecular formula is C24H35N3O2. The van der Waals surface area contributed by atoms with Crippen LogP contribution >= 0.6 is 0 Å². The van der Waals surface area contributed by atoms with Crippen molar-refractivity contribution >= 4 is 23.6 Å². The first-order valence-electron chi connectivity index (χ1n) is 11.0. The number of nitrogens with zero attached hydrogens (tertiary/aromatic N) is 3. The minimum Gasteiger partial charge on any atom is -0.338 e. The van der Waals surface area contributed by atoms with Crippen molar-refractivity contribution in [1.82, 2.24) is 9.80 Å². The SMILES string of the molecule is CN(C)CCN(CC1CCCCC1)C(=O)/C=C/c1ccc(N2CCCC2=O)cc1. The zero-order valence-corrected chi connectivity index (χ0v) is 18.0. The third kappa shape index (κ3) is 6.43. The monoisotopic (exact) mass is 397 g/mol. The lowest BCUT2D eigenvalue weighted by Crippen LogP contribution is -2.39. The van der Waals surface area contributed by atoms with Gasteiger partial charge in [0.05, 0.1) is 0 Å². The summed E-state index contributed by atoms with van der Waals surface area (Å²) in [7, 11) is 4.09. The Morgan fingerprint density at radius 3 is 2.41 bits per heavy atom. The lowest BCUT2D eigenvalue weighted by molar-refractivity contribution is -0.127. The molecule has 0 atom stereocenters. The van der Waals surface area contributed by atoms with Crippen LogP contribution in [0.3, 0.4) is 0 Å². The zero-order valence-electron chi connectivity index (χ0n) is 18.0. The second-order valence-electron chi connectivity index (χ2n) is 8.67. The number of anilines is 1. The van der Waals surface area contributed by atoms with Crippen molar-refractivity contribution in [3.63, 3.8) is 0 Å². The van der Waals surface area contributed by atoms with Gasteiger partial charge in [0.15, 0.2) is 0 Å². The van der Waals surface area contributed by atoms with Crippen molar-refractivity contribution in [2.24, 2.45) is 5.92 Å². The van der Waals surface area contributed by atoms with Gasteiger partial charge >= 0.3 is 0 Å². The topological polar surface area (TPSA) is 43.9 Å². The summed E-state index contributed by atoms with van der Waals surface area (Å²) in [5, 5.41) is 0. The maximum atomic E-state index is 12.9. The summed E-state index contributed by atoms with van der Waals surface area (Å²) in [5.41, 5.74) is 1.93. The molecule has 2 fully saturated rings. The highest BCUT2D eigenvalue weighted by atomic mass is 16.2. The first-order chi connectivity index (χ1) is 14.0. The normalized spacial score (nSPS) is 18.2. The van der Waals surface area contributed by atoms with Crippen molar-refractivity contribution in [2.45, 2.75) is 44.9 Å². The van der Waals surface area contributed by atoms with E-state index >= 15 is 0 Å². The fourth-order valence-electron chi connectivity index (χ4n) is 4.25. The Hall–Kier alpha value is -2.14. The lowest BCUT2D eigenvalue weighted by Gasteiger charge is -2.30. The highest BCUT2D eigenvalue weighted by Crippen LogP contribution is 2.25. The van der Waals surface area contributed by atoms with E-state index in [1.165, 1.54) is 32.1 Å². The number of likely N-dealkylation sites (N-methyl/N-ethyl adjacent to an activating group) is 1. The molecule has 1 aliphatic carbocycles. The van der Waals surface area contributed by atoms with Crippen molar-refractivity contribution in [3.8, 4) is 0 Å². The number of hydrogen-bond donors (Lipinski definition) is 0. The van der Waals surface area contributed by atoms with Gasteiger partial charge in [-0.15, -0.1) is 0 Å². The van der Waals surface area contributed by atoms with E-state index in [1.807, 2.05) is 54.2 Å².